The molecule has 0 saturated heterocycles. The van der Waals surface area contributed by atoms with Gasteiger partial charge in [-0.15, -0.1) is 0 Å². The highest BCUT2D eigenvalue weighted by molar-refractivity contribution is 7.89. The zero-order chi connectivity index (χ0) is 20.7. The van der Waals surface area contributed by atoms with Crippen LogP contribution in [0, 0.1) is 11.3 Å². The molecule has 0 atom stereocenters. The molecule has 0 amide bonds. The number of benzene rings is 3. The molecule has 0 bridgehead atoms. The smallest absolute Gasteiger partial charge is 0.306 e. The van der Waals surface area contributed by atoms with Crippen LogP contribution in [0.1, 0.15) is 24.0 Å². The van der Waals surface area contributed by atoms with Crippen LogP contribution in [0.3, 0.4) is 0 Å². The van der Waals surface area contributed by atoms with Crippen LogP contribution in [-0.2, 0) is 26.2 Å². The van der Waals surface area contributed by atoms with Gasteiger partial charge in [0.05, 0.1) is 16.5 Å². The van der Waals surface area contributed by atoms with E-state index < -0.39 is 16.0 Å². The van der Waals surface area contributed by atoms with E-state index in [-0.39, 0.29) is 24.5 Å². The highest BCUT2D eigenvalue weighted by Crippen LogP contribution is 2.18. The normalized spacial score (nSPS) is 11.1. The van der Waals surface area contributed by atoms with E-state index in [1.165, 1.54) is 0 Å². The fraction of sp³-hybridized carbons (Fsp3) is 0.182. The summed E-state index contributed by atoms with van der Waals surface area (Å²) >= 11 is 0. The lowest BCUT2D eigenvalue weighted by Gasteiger charge is -2.09. The predicted octanol–water partition coefficient (Wildman–Crippen LogP) is 3.51. The summed E-state index contributed by atoms with van der Waals surface area (Å²) in [6.45, 7) is 0.143. The van der Waals surface area contributed by atoms with Gasteiger partial charge in [-0.1, -0.05) is 48.5 Å². The van der Waals surface area contributed by atoms with Gasteiger partial charge in [-0.25, -0.2) is 13.1 Å². The summed E-state index contributed by atoms with van der Waals surface area (Å²) in [6, 6.07) is 21.4. The maximum Gasteiger partial charge on any atom is 0.306 e. The highest BCUT2D eigenvalue weighted by Gasteiger charge is 2.14. The van der Waals surface area contributed by atoms with Crippen molar-refractivity contribution in [1.29, 1.82) is 5.26 Å². The van der Waals surface area contributed by atoms with Crippen molar-refractivity contribution in [2.75, 3.05) is 6.54 Å². The Morgan fingerprint density at radius 2 is 1.72 bits per heavy atom. The molecule has 0 spiro atoms. The summed E-state index contributed by atoms with van der Waals surface area (Å²) in [5.74, 6) is -0.442. The third-order valence-corrected chi connectivity index (χ3v) is 5.87. The second-order valence-corrected chi connectivity index (χ2v) is 8.21. The molecule has 0 aliphatic carbocycles. The summed E-state index contributed by atoms with van der Waals surface area (Å²) in [7, 11) is -3.65. The van der Waals surface area contributed by atoms with Crippen molar-refractivity contribution in [2.45, 2.75) is 24.3 Å². The van der Waals surface area contributed by atoms with E-state index in [2.05, 4.69) is 4.72 Å². The standard InChI is InChI=1S/C22H20N2O4S/c23-15-19-8-3-4-9-20(19)16-28-22(25)10-5-13-24-29(26,27)21-12-11-17-6-1-2-7-18(17)14-21/h1-4,6-9,11-12,14,24H,5,10,13,16H2. The number of carbonyl (C=O) groups is 1. The molecule has 148 valence electrons. The van der Waals surface area contributed by atoms with Crippen LogP contribution in [0.25, 0.3) is 10.8 Å². The van der Waals surface area contributed by atoms with Gasteiger partial charge < -0.3 is 4.74 Å². The molecule has 29 heavy (non-hydrogen) atoms. The summed E-state index contributed by atoms with van der Waals surface area (Å²) in [5, 5.41) is 10.8. The van der Waals surface area contributed by atoms with Crippen LogP contribution in [0.2, 0.25) is 0 Å². The van der Waals surface area contributed by atoms with Crippen LogP contribution in [0.15, 0.2) is 71.6 Å². The number of esters is 1. The van der Waals surface area contributed by atoms with Crippen LogP contribution >= 0.6 is 0 Å². The zero-order valence-corrected chi connectivity index (χ0v) is 16.5. The molecule has 1 N–H and O–H groups in total. The number of nitrogens with one attached hydrogen (secondary N) is 1. The predicted molar refractivity (Wildman–Crippen MR) is 109 cm³/mol. The summed E-state index contributed by atoms with van der Waals surface area (Å²) in [5.41, 5.74) is 1.10. The zero-order valence-electron chi connectivity index (χ0n) is 15.7. The van der Waals surface area contributed by atoms with Gasteiger partial charge in [-0.2, -0.15) is 5.26 Å². The monoisotopic (exact) mass is 408 g/mol. The van der Waals surface area contributed by atoms with E-state index in [1.807, 2.05) is 30.3 Å². The molecule has 3 aromatic rings. The Hall–Kier alpha value is -3.21. The van der Waals surface area contributed by atoms with Gasteiger partial charge in [0.15, 0.2) is 0 Å². The lowest BCUT2D eigenvalue weighted by molar-refractivity contribution is -0.145. The molecule has 0 aliphatic rings. The fourth-order valence-electron chi connectivity index (χ4n) is 2.84. The Kier molecular flexibility index (Phi) is 6.60. The van der Waals surface area contributed by atoms with Crippen LogP contribution in [-0.4, -0.2) is 20.9 Å². The number of nitrogens with zero attached hydrogens (tertiary/aromatic N) is 1. The number of fused-ring (bicyclic) bond motifs is 1. The number of sulfonamides is 1. The van der Waals surface area contributed by atoms with Crippen molar-refractivity contribution in [3.8, 4) is 6.07 Å². The molecule has 0 aromatic heterocycles. The maximum absolute atomic E-state index is 12.4. The topological polar surface area (TPSA) is 96.3 Å². The van der Waals surface area contributed by atoms with Gasteiger partial charge in [-0.05, 0) is 35.4 Å². The van der Waals surface area contributed by atoms with Crippen molar-refractivity contribution in [3.05, 3.63) is 77.9 Å². The molecule has 3 rings (SSSR count). The quantitative estimate of drug-likeness (QED) is 0.454. The van der Waals surface area contributed by atoms with Gasteiger partial charge >= 0.3 is 5.97 Å². The van der Waals surface area contributed by atoms with Crippen LogP contribution in [0.4, 0.5) is 0 Å². The van der Waals surface area contributed by atoms with E-state index in [0.29, 0.717) is 17.5 Å². The highest BCUT2D eigenvalue weighted by atomic mass is 32.2. The maximum atomic E-state index is 12.4. The molecule has 0 unspecified atom stereocenters. The molecule has 0 aliphatic heterocycles. The number of ether oxygens (including phenoxy) is 1. The van der Waals surface area contributed by atoms with E-state index in [9.17, 15) is 13.2 Å². The molecule has 6 nitrogen and oxygen atoms in total. The Morgan fingerprint density at radius 3 is 2.52 bits per heavy atom. The average molecular weight is 408 g/mol. The Morgan fingerprint density at radius 1 is 1.00 bits per heavy atom. The first kappa shape index (κ1) is 20.5. The average Bonchev–Trinajstić information content (AvgIpc) is 2.75. The van der Waals surface area contributed by atoms with Crippen LogP contribution < -0.4 is 4.72 Å². The van der Waals surface area contributed by atoms with E-state index >= 15 is 0 Å². The third kappa shape index (κ3) is 5.41. The van der Waals surface area contributed by atoms with Gasteiger partial charge in [0.2, 0.25) is 10.0 Å². The Balaban J connectivity index is 1.47. The van der Waals surface area contributed by atoms with E-state index in [1.54, 1.807) is 42.5 Å². The largest absolute Gasteiger partial charge is 0.461 e. The van der Waals surface area contributed by atoms with Gasteiger partial charge in [0.1, 0.15) is 6.61 Å². The first-order chi connectivity index (χ1) is 14.0. The Labute approximate surface area is 169 Å². The number of rotatable bonds is 8. The molecule has 0 fully saturated rings. The van der Waals surface area contributed by atoms with E-state index in [0.717, 1.165) is 10.8 Å². The molecule has 7 heteroatoms. The molecule has 0 heterocycles. The SMILES string of the molecule is N#Cc1ccccc1COC(=O)CCCNS(=O)(=O)c1ccc2ccccc2c1. The van der Waals surface area contributed by atoms with Crippen molar-refractivity contribution < 1.29 is 17.9 Å². The first-order valence-corrected chi connectivity index (χ1v) is 10.6. The second-order valence-electron chi connectivity index (χ2n) is 6.44. The minimum atomic E-state index is -3.65. The number of hydrogen-bond acceptors (Lipinski definition) is 5. The lowest BCUT2D eigenvalue weighted by Crippen LogP contribution is -2.25. The van der Waals surface area contributed by atoms with Crippen molar-refractivity contribution in [2.24, 2.45) is 0 Å². The summed E-state index contributed by atoms with van der Waals surface area (Å²) in [4.78, 5) is 12.1. The molecule has 0 radical (unpaired) electrons. The second kappa shape index (κ2) is 9.32. The Bertz CT molecular complexity index is 1170. The molecule has 0 saturated carbocycles. The van der Waals surface area contributed by atoms with Crippen molar-refractivity contribution >= 4 is 26.8 Å². The van der Waals surface area contributed by atoms with Gasteiger partial charge in [-0.3, -0.25) is 4.79 Å². The summed E-state index contributed by atoms with van der Waals surface area (Å²) < 4.78 is 32.6. The summed E-state index contributed by atoms with van der Waals surface area (Å²) in [6.07, 6.45) is 0.389. The number of hydrogen-bond donors (Lipinski definition) is 1. The van der Waals surface area contributed by atoms with Crippen LogP contribution in [0.5, 0.6) is 0 Å². The number of nitriles is 1. The van der Waals surface area contributed by atoms with Gasteiger partial charge in [0, 0.05) is 18.5 Å². The van der Waals surface area contributed by atoms with Crippen molar-refractivity contribution in [3.63, 3.8) is 0 Å². The fourth-order valence-corrected chi connectivity index (χ4v) is 3.95. The molecular weight excluding hydrogens is 388 g/mol. The molecule has 3 aromatic carbocycles. The van der Waals surface area contributed by atoms with Gasteiger partial charge in [0.25, 0.3) is 0 Å². The minimum absolute atomic E-state index is 0.0192. The first-order valence-electron chi connectivity index (χ1n) is 9.12. The third-order valence-electron chi connectivity index (χ3n) is 4.41. The number of carbonyl (C=O) groups excluding carboxylic acids is 1. The molecular formula is C22H20N2O4S. The van der Waals surface area contributed by atoms with E-state index in [4.69, 9.17) is 10.00 Å². The minimum Gasteiger partial charge on any atom is -0.461 e. The lowest BCUT2D eigenvalue weighted by atomic mass is 10.1. The van der Waals surface area contributed by atoms with Crippen molar-refractivity contribution in [1.82, 2.24) is 4.72 Å².